The highest BCUT2D eigenvalue weighted by Crippen LogP contribution is 2.23. The van der Waals surface area contributed by atoms with Crippen LogP contribution in [0, 0.1) is 0 Å². The molecule has 1 rings (SSSR count). The van der Waals surface area contributed by atoms with Crippen LogP contribution in [0.5, 0.6) is 0 Å². The maximum atomic E-state index is 13.2. The number of ether oxygens (including phenoxy) is 2. The highest BCUT2D eigenvalue weighted by atomic mass is 16.7. The molecule has 0 aromatic carbocycles. The van der Waals surface area contributed by atoms with Gasteiger partial charge in [0.25, 0.3) is 0 Å². The molecule has 1 heterocycles. The minimum Gasteiger partial charge on any atom is -0.394 e. The van der Waals surface area contributed by atoms with Crippen LogP contribution in [0.25, 0.3) is 0 Å². The molecule has 11 nitrogen and oxygen atoms in total. The van der Waals surface area contributed by atoms with Gasteiger partial charge in [0.15, 0.2) is 6.29 Å². The van der Waals surface area contributed by atoms with Gasteiger partial charge in [0.05, 0.1) is 25.4 Å². The second-order valence-electron chi connectivity index (χ2n) is 20.4. The average molecular weight is 956 g/mol. The van der Waals surface area contributed by atoms with Gasteiger partial charge in [0.2, 0.25) is 5.91 Å². The minimum absolute atomic E-state index is 0.256. The van der Waals surface area contributed by atoms with Gasteiger partial charge in [-0.15, -0.1) is 0 Å². The van der Waals surface area contributed by atoms with Crippen molar-refractivity contribution in [2.75, 3.05) is 13.2 Å². The van der Waals surface area contributed by atoms with Gasteiger partial charge in [-0.1, -0.05) is 244 Å². The minimum atomic E-state index is -1.66. The van der Waals surface area contributed by atoms with Crippen molar-refractivity contribution in [3.63, 3.8) is 0 Å². The molecule has 0 bridgehead atoms. The number of rotatable bonds is 49. The summed E-state index contributed by atoms with van der Waals surface area (Å²) in [5.74, 6) is -0.697. The molecule has 0 radical (unpaired) electrons. The van der Waals surface area contributed by atoms with Crippen LogP contribution in [0.15, 0.2) is 12.2 Å². The lowest BCUT2D eigenvalue weighted by atomic mass is 9.98. The number of nitrogens with one attached hydrogen (secondary N) is 1. The zero-order valence-corrected chi connectivity index (χ0v) is 43.4. The molecule has 1 amide bonds. The molecule has 11 heteroatoms. The van der Waals surface area contributed by atoms with E-state index in [1.807, 2.05) is 0 Å². The van der Waals surface area contributed by atoms with E-state index in [2.05, 4.69) is 31.3 Å². The van der Waals surface area contributed by atoms with E-state index in [1.54, 1.807) is 0 Å². The maximum Gasteiger partial charge on any atom is 0.249 e. The molecular weight excluding hydrogens is 847 g/mol. The third kappa shape index (κ3) is 34.8. The Bertz CT molecular complexity index is 1100. The van der Waals surface area contributed by atoms with Crippen LogP contribution in [0.2, 0.25) is 0 Å². The predicted octanol–water partition coefficient (Wildman–Crippen LogP) is 11.6. The van der Waals surface area contributed by atoms with Crippen LogP contribution in [0.4, 0.5) is 0 Å². The Morgan fingerprint density at radius 1 is 0.507 bits per heavy atom. The molecule has 9 unspecified atom stereocenters. The highest BCUT2D eigenvalue weighted by Gasteiger charge is 2.44. The molecule has 8 N–H and O–H groups in total. The Morgan fingerprint density at radius 2 is 0.866 bits per heavy atom. The number of aliphatic hydroxyl groups excluding tert-OH is 7. The van der Waals surface area contributed by atoms with Crippen LogP contribution in [0.1, 0.15) is 271 Å². The van der Waals surface area contributed by atoms with Crippen LogP contribution in [0.3, 0.4) is 0 Å². The Labute approximate surface area is 411 Å². The van der Waals surface area contributed by atoms with E-state index in [1.165, 1.54) is 180 Å². The summed E-state index contributed by atoms with van der Waals surface area (Å²) in [6, 6.07) is -1.17. The molecule has 0 saturated carbocycles. The molecule has 67 heavy (non-hydrogen) atoms. The molecule has 1 saturated heterocycles. The molecule has 398 valence electrons. The summed E-state index contributed by atoms with van der Waals surface area (Å²) < 4.78 is 11.1. The number of allylic oxidation sites excluding steroid dienone is 2. The lowest BCUT2D eigenvalue weighted by Crippen LogP contribution is -2.60. The number of hydrogen-bond acceptors (Lipinski definition) is 10. The topological polar surface area (TPSA) is 189 Å². The van der Waals surface area contributed by atoms with Crippen LogP contribution < -0.4 is 5.32 Å². The summed E-state index contributed by atoms with van der Waals surface area (Å²) in [5, 5.41) is 76.1. The van der Waals surface area contributed by atoms with E-state index in [0.717, 1.165) is 51.4 Å². The molecule has 1 aliphatic heterocycles. The van der Waals surface area contributed by atoms with Gasteiger partial charge in [0.1, 0.15) is 36.6 Å². The van der Waals surface area contributed by atoms with Gasteiger partial charge < -0.3 is 50.5 Å². The standard InChI is InChI=1S/C56H109NO10/c1-3-5-7-9-11-13-15-17-19-21-23-24-26-27-29-31-33-35-37-39-41-43-48(59)51(61)47(46-66-56-54(64)53(63)52(62)50(45-58)67-56)57-55(65)49(60)44-42-40-38-36-34-32-30-28-25-22-20-18-16-14-12-10-8-6-4-2/h25,28,47-54,56,58-64H,3-24,26-27,29-46H2,1-2H3,(H,57,65)/b28-25-. The lowest BCUT2D eigenvalue weighted by molar-refractivity contribution is -0.303. The third-order valence-electron chi connectivity index (χ3n) is 14.1. The summed E-state index contributed by atoms with van der Waals surface area (Å²) in [6.07, 6.45) is 41.1. The van der Waals surface area contributed by atoms with Gasteiger partial charge in [-0.3, -0.25) is 4.79 Å². The van der Waals surface area contributed by atoms with Crippen LogP contribution >= 0.6 is 0 Å². The number of unbranched alkanes of at least 4 members (excludes halogenated alkanes) is 35. The fourth-order valence-corrected chi connectivity index (χ4v) is 9.38. The number of carbonyl (C=O) groups excluding carboxylic acids is 1. The van der Waals surface area contributed by atoms with Crippen molar-refractivity contribution in [2.24, 2.45) is 0 Å². The van der Waals surface area contributed by atoms with Gasteiger partial charge in [-0.05, 0) is 38.5 Å². The van der Waals surface area contributed by atoms with Crippen molar-refractivity contribution in [1.82, 2.24) is 5.32 Å². The summed E-state index contributed by atoms with van der Waals surface area (Å²) in [4.78, 5) is 13.2. The van der Waals surface area contributed by atoms with E-state index >= 15 is 0 Å². The fraction of sp³-hybridized carbons (Fsp3) is 0.946. The van der Waals surface area contributed by atoms with Gasteiger partial charge >= 0.3 is 0 Å². The summed E-state index contributed by atoms with van der Waals surface area (Å²) in [7, 11) is 0. The molecule has 0 aromatic heterocycles. The van der Waals surface area contributed by atoms with Crippen molar-refractivity contribution in [2.45, 2.75) is 326 Å². The first kappa shape index (κ1) is 63.9. The zero-order chi connectivity index (χ0) is 49.0. The van der Waals surface area contributed by atoms with Crippen molar-refractivity contribution in [3.8, 4) is 0 Å². The average Bonchev–Trinajstić information content (AvgIpc) is 3.33. The van der Waals surface area contributed by atoms with Gasteiger partial charge in [-0.25, -0.2) is 0 Å². The van der Waals surface area contributed by atoms with Crippen molar-refractivity contribution in [1.29, 1.82) is 0 Å². The first-order valence-corrected chi connectivity index (χ1v) is 28.6. The summed E-state index contributed by atoms with van der Waals surface area (Å²) in [6.45, 7) is 3.48. The van der Waals surface area contributed by atoms with E-state index in [4.69, 9.17) is 9.47 Å². The van der Waals surface area contributed by atoms with Crippen LogP contribution in [-0.4, -0.2) is 110 Å². The van der Waals surface area contributed by atoms with E-state index < -0.39 is 74.2 Å². The quantitative estimate of drug-likeness (QED) is 0.0215. The molecule has 1 aliphatic rings. The van der Waals surface area contributed by atoms with Crippen molar-refractivity contribution < 1.29 is 50.0 Å². The smallest absolute Gasteiger partial charge is 0.249 e. The Morgan fingerprint density at radius 3 is 1.25 bits per heavy atom. The van der Waals surface area contributed by atoms with Gasteiger partial charge in [0, 0.05) is 0 Å². The number of hydrogen-bond donors (Lipinski definition) is 8. The lowest BCUT2D eigenvalue weighted by Gasteiger charge is -2.40. The second kappa shape index (κ2) is 46.0. The Hall–Kier alpha value is -1.15. The highest BCUT2D eigenvalue weighted by molar-refractivity contribution is 5.80. The van der Waals surface area contributed by atoms with E-state index in [0.29, 0.717) is 19.3 Å². The largest absolute Gasteiger partial charge is 0.394 e. The van der Waals surface area contributed by atoms with E-state index in [-0.39, 0.29) is 6.42 Å². The van der Waals surface area contributed by atoms with Crippen molar-refractivity contribution >= 4 is 5.91 Å². The van der Waals surface area contributed by atoms with Gasteiger partial charge in [-0.2, -0.15) is 0 Å². The molecule has 0 aromatic rings. The Kier molecular flexibility index (Phi) is 43.8. The second-order valence-corrected chi connectivity index (χ2v) is 20.4. The molecule has 9 atom stereocenters. The first-order chi connectivity index (χ1) is 32.7. The number of aliphatic hydroxyl groups is 7. The first-order valence-electron chi connectivity index (χ1n) is 28.6. The van der Waals surface area contributed by atoms with Crippen LogP contribution in [-0.2, 0) is 14.3 Å². The van der Waals surface area contributed by atoms with Crippen molar-refractivity contribution in [3.05, 3.63) is 12.2 Å². The monoisotopic (exact) mass is 956 g/mol. The molecule has 1 fully saturated rings. The number of carbonyl (C=O) groups is 1. The maximum absolute atomic E-state index is 13.2. The third-order valence-corrected chi connectivity index (χ3v) is 14.1. The number of amides is 1. The zero-order valence-electron chi connectivity index (χ0n) is 43.4. The fourth-order valence-electron chi connectivity index (χ4n) is 9.38. The summed E-state index contributed by atoms with van der Waals surface area (Å²) >= 11 is 0. The normalized spacial score (nSPS) is 20.6. The molecular formula is C56H109NO10. The Balaban J connectivity index is 2.33. The molecule has 0 aliphatic carbocycles. The SMILES string of the molecule is CCCCCCCCCCC/C=C\CCCCCCCCC(O)C(=O)NC(COC1OC(CO)C(O)C(O)C1O)C(O)C(O)CCCCCCCCCCCCCCCCCCCCCCC. The predicted molar refractivity (Wildman–Crippen MR) is 275 cm³/mol. The molecule has 0 spiro atoms. The summed E-state index contributed by atoms with van der Waals surface area (Å²) in [5.41, 5.74) is 0. The van der Waals surface area contributed by atoms with E-state index in [9.17, 15) is 40.5 Å².